The molecule has 0 fully saturated rings. The third-order valence-electron chi connectivity index (χ3n) is 1.67. The minimum Gasteiger partial charge on any atom is -0.383 e. The first-order valence-electron chi connectivity index (χ1n) is 3.68. The van der Waals surface area contributed by atoms with Crippen LogP contribution in [0.2, 0.25) is 0 Å². The van der Waals surface area contributed by atoms with Crippen LogP contribution in [0.1, 0.15) is 0 Å². The third-order valence-corrected chi connectivity index (χ3v) is 2.35. The molecule has 2 aromatic heterocycles. The van der Waals surface area contributed by atoms with Crippen LogP contribution in [0, 0.1) is 0 Å². The van der Waals surface area contributed by atoms with E-state index in [2.05, 4.69) is 9.97 Å². The van der Waals surface area contributed by atoms with Gasteiger partial charge in [-0.3, -0.25) is 0 Å². The van der Waals surface area contributed by atoms with Crippen LogP contribution in [-0.2, 0) is 0 Å². The fraction of sp³-hybridized carbons (Fsp3) is 0. The van der Waals surface area contributed by atoms with Gasteiger partial charge in [-0.05, 0) is 22.4 Å². The summed E-state index contributed by atoms with van der Waals surface area (Å²) in [5, 5.41) is 3.97. The number of nitrogen functional groups attached to an aromatic ring is 2. The maximum Gasteiger partial charge on any atom is 0.221 e. The lowest BCUT2D eigenvalue weighted by molar-refractivity contribution is 1.20. The average molecular weight is 192 g/mol. The second-order valence-electron chi connectivity index (χ2n) is 2.54. The molecule has 0 aliphatic rings. The SMILES string of the molecule is Nc1ncc(-c2ccsc2)c(N)n1. The smallest absolute Gasteiger partial charge is 0.221 e. The normalized spacial score (nSPS) is 10.2. The van der Waals surface area contributed by atoms with E-state index in [1.165, 1.54) is 0 Å². The van der Waals surface area contributed by atoms with Crippen LogP contribution < -0.4 is 11.5 Å². The van der Waals surface area contributed by atoms with Crippen molar-refractivity contribution in [1.29, 1.82) is 0 Å². The Morgan fingerprint density at radius 3 is 2.77 bits per heavy atom. The van der Waals surface area contributed by atoms with Crippen LogP contribution >= 0.6 is 11.3 Å². The van der Waals surface area contributed by atoms with Crippen LogP contribution in [0.15, 0.2) is 23.0 Å². The van der Waals surface area contributed by atoms with Crippen LogP contribution in [0.25, 0.3) is 11.1 Å². The predicted octanol–water partition coefficient (Wildman–Crippen LogP) is 1.37. The van der Waals surface area contributed by atoms with E-state index in [9.17, 15) is 0 Å². The van der Waals surface area contributed by atoms with Crippen molar-refractivity contribution in [2.75, 3.05) is 11.5 Å². The highest BCUT2D eigenvalue weighted by atomic mass is 32.1. The molecule has 4 nitrogen and oxygen atoms in total. The van der Waals surface area contributed by atoms with Gasteiger partial charge in [-0.1, -0.05) is 0 Å². The monoisotopic (exact) mass is 192 g/mol. The highest BCUT2D eigenvalue weighted by Crippen LogP contribution is 2.25. The zero-order valence-electron chi connectivity index (χ0n) is 6.77. The molecule has 4 N–H and O–H groups in total. The first-order chi connectivity index (χ1) is 6.27. The molecule has 0 aliphatic carbocycles. The second kappa shape index (κ2) is 3.02. The van der Waals surface area contributed by atoms with E-state index in [1.54, 1.807) is 17.5 Å². The molecule has 0 bridgehead atoms. The van der Waals surface area contributed by atoms with Crippen molar-refractivity contribution >= 4 is 23.1 Å². The standard InChI is InChI=1S/C8H8N4S/c9-7-6(3-11-8(10)12-7)5-1-2-13-4-5/h1-4H,(H4,9,10,11,12). The fourth-order valence-corrected chi connectivity index (χ4v) is 1.71. The Bertz CT molecular complexity index is 410. The molecule has 2 aromatic rings. The van der Waals surface area contributed by atoms with E-state index < -0.39 is 0 Å². The van der Waals surface area contributed by atoms with Gasteiger partial charge in [0, 0.05) is 11.8 Å². The van der Waals surface area contributed by atoms with Crippen molar-refractivity contribution in [3.8, 4) is 11.1 Å². The Morgan fingerprint density at radius 2 is 2.15 bits per heavy atom. The van der Waals surface area contributed by atoms with Gasteiger partial charge in [0.1, 0.15) is 5.82 Å². The van der Waals surface area contributed by atoms with E-state index in [-0.39, 0.29) is 5.95 Å². The summed E-state index contributed by atoms with van der Waals surface area (Å²) in [5.74, 6) is 0.627. The molecule has 0 atom stereocenters. The summed E-state index contributed by atoms with van der Waals surface area (Å²) in [6.07, 6.45) is 1.64. The van der Waals surface area contributed by atoms with Gasteiger partial charge >= 0.3 is 0 Å². The van der Waals surface area contributed by atoms with Crippen LogP contribution in [0.4, 0.5) is 11.8 Å². The lowest BCUT2D eigenvalue weighted by Gasteiger charge is -2.01. The number of nitrogens with zero attached hydrogens (tertiary/aromatic N) is 2. The van der Waals surface area contributed by atoms with E-state index in [1.807, 2.05) is 16.8 Å². The minimum atomic E-state index is 0.205. The number of rotatable bonds is 1. The van der Waals surface area contributed by atoms with E-state index in [0.29, 0.717) is 5.82 Å². The molecule has 0 amide bonds. The summed E-state index contributed by atoms with van der Waals surface area (Å²) in [4.78, 5) is 7.77. The second-order valence-corrected chi connectivity index (χ2v) is 3.32. The van der Waals surface area contributed by atoms with E-state index in [0.717, 1.165) is 11.1 Å². The molecule has 0 unspecified atom stereocenters. The molecule has 2 heterocycles. The number of aromatic nitrogens is 2. The number of nitrogens with two attached hydrogens (primary N) is 2. The number of hydrogen-bond acceptors (Lipinski definition) is 5. The highest BCUT2D eigenvalue weighted by molar-refractivity contribution is 7.08. The summed E-state index contributed by atoms with van der Waals surface area (Å²) in [5.41, 5.74) is 12.9. The van der Waals surface area contributed by atoms with Gasteiger partial charge in [0.05, 0.1) is 0 Å². The van der Waals surface area contributed by atoms with Crippen molar-refractivity contribution in [2.24, 2.45) is 0 Å². The summed E-state index contributed by atoms with van der Waals surface area (Å²) >= 11 is 1.60. The molecular formula is C8H8N4S. The summed E-state index contributed by atoms with van der Waals surface area (Å²) in [7, 11) is 0. The molecule has 5 heteroatoms. The lowest BCUT2D eigenvalue weighted by atomic mass is 10.2. The van der Waals surface area contributed by atoms with Crippen molar-refractivity contribution in [3.63, 3.8) is 0 Å². The van der Waals surface area contributed by atoms with Crippen molar-refractivity contribution in [3.05, 3.63) is 23.0 Å². The van der Waals surface area contributed by atoms with Gasteiger partial charge in [-0.2, -0.15) is 16.3 Å². The molecule has 0 saturated carbocycles. The number of thiophene rings is 1. The molecule has 66 valence electrons. The van der Waals surface area contributed by atoms with Gasteiger partial charge in [-0.15, -0.1) is 0 Å². The first kappa shape index (κ1) is 8.00. The molecular weight excluding hydrogens is 184 g/mol. The van der Waals surface area contributed by atoms with Crippen LogP contribution in [-0.4, -0.2) is 9.97 Å². The zero-order valence-corrected chi connectivity index (χ0v) is 7.58. The zero-order chi connectivity index (χ0) is 9.26. The number of anilines is 2. The topological polar surface area (TPSA) is 77.8 Å². The van der Waals surface area contributed by atoms with Gasteiger partial charge in [0.2, 0.25) is 5.95 Å². The lowest BCUT2D eigenvalue weighted by Crippen LogP contribution is -2.00. The Labute approximate surface area is 79.2 Å². The van der Waals surface area contributed by atoms with Crippen LogP contribution in [0.5, 0.6) is 0 Å². The third kappa shape index (κ3) is 1.46. The Hall–Kier alpha value is -1.62. The largest absolute Gasteiger partial charge is 0.383 e. The molecule has 0 saturated heterocycles. The highest BCUT2D eigenvalue weighted by Gasteiger charge is 2.04. The first-order valence-corrected chi connectivity index (χ1v) is 4.62. The van der Waals surface area contributed by atoms with Crippen molar-refractivity contribution in [1.82, 2.24) is 9.97 Å². The van der Waals surface area contributed by atoms with Gasteiger partial charge in [0.25, 0.3) is 0 Å². The quantitative estimate of drug-likeness (QED) is 0.715. The summed E-state index contributed by atoms with van der Waals surface area (Å²) < 4.78 is 0. The van der Waals surface area contributed by atoms with E-state index >= 15 is 0 Å². The molecule has 0 radical (unpaired) electrons. The van der Waals surface area contributed by atoms with Gasteiger partial charge in [0.15, 0.2) is 0 Å². The van der Waals surface area contributed by atoms with E-state index in [4.69, 9.17) is 11.5 Å². The number of hydrogen-bond donors (Lipinski definition) is 2. The Kier molecular flexibility index (Phi) is 1.86. The van der Waals surface area contributed by atoms with Crippen LogP contribution in [0.3, 0.4) is 0 Å². The van der Waals surface area contributed by atoms with Crippen molar-refractivity contribution < 1.29 is 0 Å². The molecule has 0 aliphatic heterocycles. The van der Waals surface area contributed by atoms with Gasteiger partial charge < -0.3 is 11.5 Å². The Balaban J connectivity index is 2.53. The fourth-order valence-electron chi connectivity index (χ4n) is 1.05. The van der Waals surface area contributed by atoms with Gasteiger partial charge in [-0.25, -0.2) is 4.98 Å². The Morgan fingerprint density at radius 1 is 1.31 bits per heavy atom. The minimum absolute atomic E-state index is 0.205. The maximum atomic E-state index is 5.69. The average Bonchev–Trinajstić information content (AvgIpc) is 2.56. The molecule has 0 aromatic carbocycles. The molecule has 2 rings (SSSR count). The molecule has 0 spiro atoms. The molecule has 13 heavy (non-hydrogen) atoms. The predicted molar refractivity (Wildman–Crippen MR) is 54.2 cm³/mol. The van der Waals surface area contributed by atoms with Crippen molar-refractivity contribution in [2.45, 2.75) is 0 Å². The maximum absolute atomic E-state index is 5.69. The summed E-state index contributed by atoms with van der Waals surface area (Å²) in [6, 6.07) is 1.97. The summed E-state index contributed by atoms with van der Waals surface area (Å²) in [6.45, 7) is 0.